The molecule has 0 aromatic heterocycles. The first-order valence-electron chi connectivity index (χ1n) is 6.01. The highest BCUT2D eigenvalue weighted by atomic mass is 16.5. The number of carboxylic acid groups (broad SMARTS) is 1. The summed E-state index contributed by atoms with van der Waals surface area (Å²) in [6.45, 7) is 1.75. The Morgan fingerprint density at radius 3 is 2.05 bits per heavy atom. The molecule has 0 spiro atoms. The van der Waals surface area contributed by atoms with Crippen molar-refractivity contribution in [2.75, 3.05) is 21.3 Å². The summed E-state index contributed by atoms with van der Waals surface area (Å²) in [4.78, 5) is 11.2. The summed E-state index contributed by atoms with van der Waals surface area (Å²) < 4.78 is 15.8. The van der Waals surface area contributed by atoms with Crippen molar-refractivity contribution in [1.82, 2.24) is 0 Å². The molecule has 0 saturated heterocycles. The summed E-state index contributed by atoms with van der Waals surface area (Å²) in [7, 11) is 4.63. The van der Waals surface area contributed by atoms with E-state index in [1.807, 2.05) is 12.1 Å². The van der Waals surface area contributed by atoms with Crippen molar-refractivity contribution in [1.29, 1.82) is 0 Å². The van der Waals surface area contributed by atoms with Crippen LogP contribution in [0.5, 0.6) is 17.2 Å². The predicted octanol–water partition coefficient (Wildman–Crippen LogP) is 2.29. The Morgan fingerprint density at radius 2 is 1.74 bits per heavy atom. The lowest BCUT2D eigenvalue weighted by Gasteiger charge is -2.14. The van der Waals surface area contributed by atoms with E-state index >= 15 is 0 Å². The zero-order valence-corrected chi connectivity index (χ0v) is 11.5. The van der Waals surface area contributed by atoms with Gasteiger partial charge in [-0.25, -0.2) is 0 Å². The molecule has 5 nitrogen and oxygen atoms in total. The second-order valence-electron chi connectivity index (χ2n) is 4.94. The zero-order chi connectivity index (χ0) is 14.2. The first kappa shape index (κ1) is 13.5. The molecule has 1 saturated carbocycles. The van der Waals surface area contributed by atoms with Gasteiger partial charge in [0.05, 0.1) is 26.7 Å². The monoisotopic (exact) mass is 266 g/mol. The molecule has 2 rings (SSSR count). The molecule has 0 amide bonds. The van der Waals surface area contributed by atoms with Gasteiger partial charge in [-0.3, -0.25) is 4.79 Å². The lowest BCUT2D eigenvalue weighted by Crippen LogP contribution is -2.12. The number of hydrogen-bond acceptors (Lipinski definition) is 4. The number of rotatable bonds is 5. The highest BCUT2D eigenvalue weighted by Crippen LogP contribution is 2.60. The van der Waals surface area contributed by atoms with E-state index in [4.69, 9.17) is 14.2 Å². The number of aliphatic carboxylic acids is 1. The summed E-state index contributed by atoms with van der Waals surface area (Å²) >= 11 is 0. The summed E-state index contributed by atoms with van der Waals surface area (Å²) in [5.41, 5.74) is 0.212. The molecule has 19 heavy (non-hydrogen) atoms. The van der Waals surface area contributed by atoms with Crippen LogP contribution in [0.1, 0.15) is 24.8 Å². The van der Waals surface area contributed by atoms with Gasteiger partial charge in [0.1, 0.15) is 0 Å². The van der Waals surface area contributed by atoms with Crippen LogP contribution < -0.4 is 14.2 Å². The van der Waals surface area contributed by atoms with Crippen molar-refractivity contribution >= 4 is 5.97 Å². The van der Waals surface area contributed by atoms with Crippen LogP contribution in [0.2, 0.25) is 0 Å². The van der Waals surface area contributed by atoms with Crippen LogP contribution in [0.4, 0.5) is 0 Å². The fourth-order valence-electron chi connectivity index (χ4n) is 2.39. The Balaban J connectivity index is 2.41. The second kappa shape index (κ2) is 4.64. The molecule has 0 heterocycles. The number of benzene rings is 1. The van der Waals surface area contributed by atoms with Gasteiger partial charge in [0, 0.05) is 5.92 Å². The van der Waals surface area contributed by atoms with Crippen LogP contribution in [0.3, 0.4) is 0 Å². The van der Waals surface area contributed by atoms with E-state index in [2.05, 4.69) is 0 Å². The molecule has 1 aliphatic rings. The quantitative estimate of drug-likeness (QED) is 0.885. The minimum atomic E-state index is -0.772. The number of carboxylic acids is 1. The molecule has 1 aliphatic carbocycles. The van der Waals surface area contributed by atoms with Crippen LogP contribution in [-0.2, 0) is 4.79 Å². The number of ether oxygens (including phenoxy) is 3. The molecule has 1 fully saturated rings. The molecule has 0 aliphatic heterocycles. The maximum atomic E-state index is 11.2. The van der Waals surface area contributed by atoms with Crippen LogP contribution in [0.15, 0.2) is 12.1 Å². The summed E-state index contributed by atoms with van der Waals surface area (Å²) in [5, 5.41) is 9.21. The first-order chi connectivity index (χ1) is 8.97. The minimum Gasteiger partial charge on any atom is -0.493 e. The normalized spacial score (nSPS) is 24.7. The molecule has 0 bridgehead atoms. The van der Waals surface area contributed by atoms with E-state index in [1.165, 1.54) is 0 Å². The molecule has 2 unspecified atom stereocenters. The van der Waals surface area contributed by atoms with E-state index in [9.17, 15) is 9.90 Å². The number of carbonyl (C=O) groups is 1. The van der Waals surface area contributed by atoms with Gasteiger partial charge in [0.25, 0.3) is 0 Å². The molecule has 5 heteroatoms. The fourth-order valence-corrected chi connectivity index (χ4v) is 2.39. The van der Waals surface area contributed by atoms with Crippen LogP contribution in [0.25, 0.3) is 0 Å². The van der Waals surface area contributed by atoms with E-state index in [1.54, 1.807) is 28.3 Å². The SMILES string of the molecule is COc1cc(C2CC2(C)C(=O)O)cc(OC)c1OC. The molecule has 1 N–H and O–H groups in total. The predicted molar refractivity (Wildman–Crippen MR) is 69.2 cm³/mol. The fraction of sp³-hybridized carbons (Fsp3) is 0.500. The van der Waals surface area contributed by atoms with Crippen LogP contribution in [0, 0.1) is 5.41 Å². The molecule has 1 aromatic rings. The third-order valence-corrected chi connectivity index (χ3v) is 3.82. The van der Waals surface area contributed by atoms with Gasteiger partial charge in [0.15, 0.2) is 11.5 Å². The molecule has 0 radical (unpaired) electrons. The van der Waals surface area contributed by atoms with Gasteiger partial charge in [-0.15, -0.1) is 0 Å². The van der Waals surface area contributed by atoms with Crippen LogP contribution >= 0.6 is 0 Å². The molecule has 1 aromatic carbocycles. The number of methoxy groups -OCH3 is 3. The van der Waals surface area contributed by atoms with Crippen molar-refractivity contribution in [3.05, 3.63) is 17.7 Å². The Labute approximate surface area is 112 Å². The van der Waals surface area contributed by atoms with Gasteiger partial charge in [0.2, 0.25) is 5.75 Å². The van der Waals surface area contributed by atoms with Crippen molar-refractivity contribution in [2.24, 2.45) is 5.41 Å². The molecule has 104 valence electrons. The van der Waals surface area contributed by atoms with Gasteiger partial charge in [-0.2, -0.15) is 0 Å². The van der Waals surface area contributed by atoms with E-state index in [0.29, 0.717) is 23.7 Å². The highest BCUT2D eigenvalue weighted by Gasteiger charge is 2.57. The Hall–Kier alpha value is -1.91. The van der Waals surface area contributed by atoms with Gasteiger partial charge < -0.3 is 19.3 Å². The third kappa shape index (κ3) is 2.09. The average molecular weight is 266 g/mol. The van der Waals surface area contributed by atoms with E-state index in [0.717, 1.165) is 5.56 Å². The largest absolute Gasteiger partial charge is 0.493 e. The van der Waals surface area contributed by atoms with Gasteiger partial charge in [-0.1, -0.05) is 0 Å². The maximum Gasteiger partial charge on any atom is 0.309 e. The highest BCUT2D eigenvalue weighted by molar-refractivity contribution is 5.80. The Morgan fingerprint density at radius 1 is 1.21 bits per heavy atom. The van der Waals surface area contributed by atoms with Gasteiger partial charge in [-0.05, 0) is 31.0 Å². The molecular weight excluding hydrogens is 248 g/mol. The van der Waals surface area contributed by atoms with Crippen molar-refractivity contribution in [2.45, 2.75) is 19.3 Å². The van der Waals surface area contributed by atoms with Crippen molar-refractivity contribution in [3.63, 3.8) is 0 Å². The average Bonchev–Trinajstić information content (AvgIpc) is 3.10. The lowest BCUT2D eigenvalue weighted by atomic mass is 10.0. The minimum absolute atomic E-state index is 0.0151. The summed E-state index contributed by atoms with van der Waals surface area (Å²) in [6.07, 6.45) is 0.626. The topological polar surface area (TPSA) is 65.0 Å². The van der Waals surface area contributed by atoms with E-state index in [-0.39, 0.29) is 5.92 Å². The maximum absolute atomic E-state index is 11.2. The first-order valence-corrected chi connectivity index (χ1v) is 6.01. The van der Waals surface area contributed by atoms with Crippen LogP contribution in [-0.4, -0.2) is 32.4 Å². The zero-order valence-electron chi connectivity index (χ0n) is 11.5. The third-order valence-electron chi connectivity index (χ3n) is 3.82. The van der Waals surface area contributed by atoms with Crippen molar-refractivity contribution in [3.8, 4) is 17.2 Å². The standard InChI is InChI=1S/C14H18O5/c1-14(13(15)16)7-9(14)8-5-10(17-2)12(19-4)11(6-8)18-3/h5-6,9H,7H2,1-4H3,(H,15,16). The Bertz CT molecular complexity index is 486. The summed E-state index contributed by atoms with van der Waals surface area (Å²) in [6, 6.07) is 3.64. The Kier molecular flexibility index (Phi) is 3.30. The molecular formula is C14H18O5. The number of hydrogen-bond donors (Lipinski definition) is 1. The van der Waals surface area contributed by atoms with E-state index < -0.39 is 11.4 Å². The smallest absolute Gasteiger partial charge is 0.309 e. The summed E-state index contributed by atoms with van der Waals surface area (Å²) in [5.74, 6) is 0.837. The van der Waals surface area contributed by atoms with Crippen molar-refractivity contribution < 1.29 is 24.1 Å². The second-order valence-corrected chi connectivity index (χ2v) is 4.94. The lowest BCUT2D eigenvalue weighted by molar-refractivity contribution is -0.142. The van der Waals surface area contributed by atoms with Gasteiger partial charge >= 0.3 is 5.97 Å². The molecule has 2 atom stereocenters.